The van der Waals surface area contributed by atoms with Crippen LogP contribution in [0.25, 0.3) is 0 Å². The summed E-state index contributed by atoms with van der Waals surface area (Å²) >= 11 is 9.27. The second kappa shape index (κ2) is 5.54. The molecule has 1 N–H and O–H groups in total. The Bertz CT molecular complexity index is 570. The number of carbonyl (C=O) groups excluding carboxylic acids is 1. The maximum atomic E-state index is 12.0. The molecule has 0 spiro atoms. The predicted octanol–water partition coefficient (Wildman–Crippen LogP) is 3.50. The topological polar surface area (TPSA) is 46.9 Å². The van der Waals surface area contributed by atoms with E-state index >= 15 is 0 Å². The zero-order chi connectivity index (χ0) is 13.1. The van der Waals surface area contributed by atoms with Gasteiger partial charge >= 0.3 is 0 Å². The number of aromatic nitrogens is 2. The highest BCUT2D eigenvalue weighted by molar-refractivity contribution is 9.10. The first kappa shape index (κ1) is 13.1. The summed E-state index contributed by atoms with van der Waals surface area (Å²) in [6.45, 7) is 1.77. The number of nitrogens with zero attached hydrogens (tertiary/aromatic N) is 2. The minimum Gasteiger partial charge on any atom is -0.323 e. The molecule has 1 aromatic heterocycles. The Kier molecular flexibility index (Phi) is 4.04. The monoisotopic (exact) mass is 327 g/mol. The molecule has 0 fully saturated rings. The average Bonchev–Trinajstić information content (AvgIpc) is 2.78. The van der Waals surface area contributed by atoms with Gasteiger partial charge in [-0.05, 0) is 35.0 Å². The minimum absolute atomic E-state index is 0.168. The molecule has 1 atom stereocenters. The van der Waals surface area contributed by atoms with E-state index in [2.05, 4.69) is 26.3 Å². The van der Waals surface area contributed by atoms with Crippen molar-refractivity contribution in [2.24, 2.45) is 0 Å². The van der Waals surface area contributed by atoms with E-state index in [9.17, 15) is 4.79 Å². The third-order valence-electron chi connectivity index (χ3n) is 2.48. The van der Waals surface area contributed by atoms with Crippen LogP contribution in [0.5, 0.6) is 0 Å². The molecule has 2 rings (SSSR count). The van der Waals surface area contributed by atoms with Crippen molar-refractivity contribution in [1.82, 2.24) is 9.78 Å². The number of hydrogen-bond acceptors (Lipinski definition) is 2. The van der Waals surface area contributed by atoms with Crippen LogP contribution in [0, 0.1) is 0 Å². The fraction of sp³-hybridized carbons (Fsp3) is 0.167. The molecule has 0 saturated heterocycles. The average molecular weight is 329 g/mol. The summed E-state index contributed by atoms with van der Waals surface area (Å²) < 4.78 is 2.41. The van der Waals surface area contributed by atoms with Crippen LogP contribution >= 0.6 is 27.5 Å². The van der Waals surface area contributed by atoms with Gasteiger partial charge in [0.05, 0.1) is 21.4 Å². The van der Waals surface area contributed by atoms with E-state index in [-0.39, 0.29) is 5.91 Å². The molecule has 0 bridgehead atoms. The van der Waals surface area contributed by atoms with E-state index in [0.717, 1.165) is 4.47 Å². The van der Waals surface area contributed by atoms with Crippen molar-refractivity contribution in [2.45, 2.75) is 13.0 Å². The third kappa shape index (κ3) is 2.91. The van der Waals surface area contributed by atoms with Crippen LogP contribution in [-0.4, -0.2) is 15.7 Å². The fourth-order valence-corrected chi connectivity index (χ4v) is 1.93. The van der Waals surface area contributed by atoms with E-state index in [1.807, 2.05) is 12.1 Å². The number of carbonyl (C=O) groups is 1. The standard InChI is InChI=1S/C12H11BrClN3O/c1-8(17-7-9(13)6-15-17)12(18)16-11-5-3-2-4-10(11)14/h2-8H,1H3,(H,16,18). The van der Waals surface area contributed by atoms with Crippen molar-refractivity contribution >= 4 is 39.1 Å². The molecule has 1 heterocycles. The predicted molar refractivity (Wildman–Crippen MR) is 74.7 cm³/mol. The van der Waals surface area contributed by atoms with Crippen LogP contribution in [0.4, 0.5) is 5.69 Å². The van der Waals surface area contributed by atoms with Gasteiger partial charge in [0.25, 0.3) is 0 Å². The number of amides is 1. The lowest BCUT2D eigenvalue weighted by Gasteiger charge is -2.13. The third-order valence-corrected chi connectivity index (χ3v) is 3.22. The van der Waals surface area contributed by atoms with Gasteiger partial charge in [-0.3, -0.25) is 9.48 Å². The second-order valence-electron chi connectivity index (χ2n) is 3.78. The van der Waals surface area contributed by atoms with E-state index in [0.29, 0.717) is 10.7 Å². The summed E-state index contributed by atoms with van der Waals surface area (Å²) in [5.41, 5.74) is 0.599. The first-order valence-corrected chi connectivity index (χ1v) is 6.50. The summed E-state index contributed by atoms with van der Waals surface area (Å²) in [7, 11) is 0. The van der Waals surface area contributed by atoms with Crippen molar-refractivity contribution in [2.75, 3.05) is 5.32 Å². The lowest BCUT2D eigenvalue weighted by Crippen LogP contribution is -2.24. The van der Waals surface area contributed by atoms with Crippen LogP contribution in [0.1, 0.15) is 13.0 Å². The van der Waals surface area contributed by atoms with Gasteiger partial charge in [-0.25, -0.2) is 0 Å². The minimum atomic E-state index is -0.410. The molecule has 1 amide bonds. The van der Waals surface area contributed by atoms with Crippen molar-refractivity contribution in [3.63, 3.8) is 0 Å². The molecule has 0 aliphatic rings. The number of nitrogens with one attached hydrogen (secondary N) is 1. The molecule has 0 saturated carbocycles. The first-order valence-electron chi connectivity index (χ1n) is 5.33. The summed E-state index contributed by atoms with van der Waals surface area (Å²) in [4.78, 5) is 12.0. The first-order chi connectivity index (χ1) is 8.58. The molecule has 18 heavy (non-hydrogen) atoms. The van der Waals surface area contributed by atoms with E-state index < -0.39 is 6.04 Å². The zero-order valence-electron chi connectivity index (χ0n) is 9.60. The van der Waals surface area contributed by atoms with Crippen LogP contribution < -0.4 is 5.32 Å². The van der Waals surface area contributed by atoms with Gasteiger partial charge in [-0.15, -0.1) is 0 Å². The molecule has 4 nitrogen and oxygen atoms in total. The van der Waals surface area contributed by atoms with Crippen molar-refractivity contribution in [3.05, 3.63) is 46.2 Å². The number of halogens is 2. The van der Waals surface area contributed by atoms with E-state index in [1.165, 1.54) is 0 Å². The maximum absolute atomic E-state index is 12.0. The number of rotatable bonds is 3. The molecule has 0 aliphatic carbocycles. The number of hydrogen-bond donors (Lipinski definition) is 1. The Morgan fingerprint density at radius 3 is 2.83 bits per heavy atom. The highest BCUT2D eigenvalue weighted by atomic mass is 79.9. The van der Waals surface area contributed by atoms with Gasteiger partial charge in [0.2, 0.25) is 5.91 Å². The van der Waals surface area contributed by atoms with Gasteiger partial charge in [-0.2, -0.15) is 5.10 Å². The summed E-state index contributed by atoms with van der Waals surface area (Å²) in [5, 5.41) is 7.36. The Morgan fingerprint density at radius 1 is 1.50 bits per heavy atom. The van der Waals surface area contributed by atoms with Crippen LogP contribution in [0.2, 0.25) is 5.02 Å². The number of benzene rings is 1. The van der Waals surface area contributed by atoms with Crippen LogP contribution in [0.3, 0.4) is 0 Å². The van der Waals surface area contributed by atoms with Crippen molar-refractivity contribution in [1.29, 1.82) is 0 Å². The van der Waals surface area contributed by atoms with Crippen molar-refractivity contribution < 1.29 is 4.79 Å². The highest BCUT2D eigenvalue weighted by Crippen LogP contribution is 2.22. The fourth-order valence-electron chi connectivity index (χ4n) is 1.45. The molecule has 6 heteroatoms. The molecule has 0 aliphatic heterocycles. The smallest absolute Gasteiger partial charge is 0.248 e. The molecule has 1 aromatic carbocycles. The lowest BCUT2D eigenvalue weighted by atomic mass is 10.2. The molecule has 1 unspecified atom stereocenters. The van der Waals surface area contributed by atoms with Gasteiger partial charge in [-0.1, -0.05) is 23.7 Å². The summed E-state index contributed by atoms with van der Waals surface area (Å²) in [5.74, 6) is -0.168. The van der Waals surface area contributed by atoms with Crippen LogP contribution in [0.15, 0.2) is 41.1 Å². The molecular weight excluding hydrogens is 318 g/mol. The van der Waals surface area contributed by atoms with Gasteiger partial charge in [0.1, 0.15) is 6.04 Å². The Hall–Kier alpha value is -1.33. The van der Waals surface area contributed by atoms with Crippen molar-refractivity contribution in [3.8, 4) is 0 Å². The van der Waals surface area contributed by atoms with Gasteiger partial charge in [0, 0.05) is 6.20 Å². The quantitative estimate of drug-likeness (QED) is 0.937. The van der Waals surface area contributed by atoms with E-state index in [1.54, 1.807) is 36.1 Å². The molecule has 0 radical (unpaired) electrons. The van der Waals surface area contributed by atoms with E-state index in [4.69, 9.17) is 11.6 Å². The van der Waals surface area contributed by atoms with Crippen LogP contribution in [-0.2, 0) is 4.79 Å². The molecule has 94 valence electrons. The maximum Gasteiger partial charge on any atom is 0.248 e. The molecular formula is C12H11BrClN3O. The lowest BCUT2D eigenvalue weighted by molar-refractivity contribution is -0.119. The summed E-state index contributed by atoms with van der Waals surface area (Å²) in [6.07, 6.45) is 3.39. The number of anilines is 1. The largest absolute Gasteiger partial charge is 0.323 e. The summed E-state index contributed by atoms with van der Waals surface area (Å²) in [6, 6.07) is 6.70. The SMILES string of the molecule is CC(C(=O)Nc1ccccc1Cl)n1cc(Br)cn1. The zero-order valence-corrected chi connectivity index (χ0v) is 11.9. The molecule has 2 aromatic rings. The Balaban J connectivity index is 2.11. The normalized spacial score (nSPS) is 12.2. The Labute approximate surface area is 118 Å². The van der Waals surface area contributed by atoms with Gasteiger partial charge in [0.15, 0.2) is 0 Å². The Morgan fingerprint density at radius 2 is 2.22 bits per heavy atom. The number of para-hydroxylation sites is 1. The van der Waals surface area contributed by atoms with Gasteiger partial charge < -0.3 is 5.32 Å². The highest BCUT2D eigenvalue weighted by Gasteiger charge is 2.16. The second-order valence-corrected chi connectivity index (χ2v) is 5.11.